The minimum atomic E-state index is -0.632. The van der Waals surface area contributed by atoms with E-state index in [-0.39, 0.29) is 29.7 Å². The molecule has 1 N–H and O–H groups in total. The van der Waals surface area contributed by atoms with Crippen molar-refractivity contribution in [2.24, 2.45) is 5.41 Å². The molecule has 1 aromatic heterocycles. The summed E-state index contributed by atoms with van der Waals surface area (Å²) in [4.78, 5) is 32.3. The number of amides is 2. The molecule has 2 bridgehead atoms. The van der Waals surface area contributed by atoms with Crippen LogP contribution in [0.25, 0.3) is 0 Å². The van der Waals surface area contributed by atoms with Gasteiger partial charge in [0.05, 0.1) is 11.6 Å². The molecule has 3 atom stereocenters. The summed E-state index contributed by atoms with van der Waals surface area (Å²) in [6.07, 6.45) is 6.50. The second-order valence-corrected chi connectivity index (χ2v) is 7.95. The molecule has 0 aliphatic carbocycles. The SMILES string of the molecule is COCCCNC(=O)[C@@]1(Cc2ccccc2)C[C@H]2CC[C@@H]1N2C(=O)c1cnco1. The molecular weight excluding hydrogens is 370 g/mol. The normalized spacial score (nSPS) is 25.3. The van der Waals surface area contributed by atoms with Gasteiger partial charge in [0.2, 0.25) is 11.7 Å². The third-order valence-electron chi connectivity index (χ3n) is 6.24. The van der Waals surface area contributed by atoms with Crippen molar-refractivity contribution in [1.29, 1.82) is 0 Å². The first-order valence-corrected chi connectivity index (χ1v) is 10.2. The van der Waals surface area contributed by atoms with Gasteiger partial charge in [0.25, 0.3) is 5.91 Å². The van der Waals surface area contributed by atoms with Gasteiger partial charge in [0, 0.05) is 32.3 Å². The number of carbonyl (C=O) groups is 2. The molecule has 1 aromatic carbocycles. The van der Waals surface area contributed by atoms with Gasteiger partial charge < -0.3 is 19.4 Å². The topological polar surface area (TPSA) is 84.7 Å². The van der Waals surface area contributed by atoms with Crippen molar-refractivity contribution in [1.82, 2.24) is 15.2 Å². The molecule has 154 valence electrons. The zero-order valence-electron chi connectivity index (χ0n) is 16.7. The van der Waals surface area contributed by atoms with Crippen molar-refractivity contribution >= 4 is 11.8 Å². The van der Waals surface area contributed by atoms with Crippen LogP contribution in [-0.4, -0.2) is 54.0 Å². The highest BCUT2D eigenvalue weighted by atomic mass is 16.5. The smallest absolute Gasteiger partial charge is 0.291 e. The number of rotatable bonds is 8. The molecule has 7 nitrogen and oxygen atoms in total. The van der Waals surface area contributed by atoms with Gasteiger partial charge >= 0.3 is 0 Å². The van der Waals surface area contributed by atoms with Crippen molar-refractivity contribution in [2.45, 2.75) is 44.2 Å². The van der Waals surface area contributed by atoms with Gasteiger partial charge in [-0.2, -0.15) is 0 Å². The minimum Gasteiger partial charge on any atom is -0.438 e. The second kappa shape index (κ2) is 8.37. The average molecular weight is 397 g/mol. The number of aromatic nitrogens is 1. The lowest BCUT2D eigenvalue weighted by molar-refractivity contribution is -0.132. The number of nitrogens with one attached hydrogen (secondary N) is 1. The first-order chi connectivity index (χ1) is 14.2. The van der Waals surface area contributed by atoms with Crippen LogP contribution in [0.3, 0.4) is 0 Å². The summed E-state index contributed by atoms with van der Waals surface area (Å²) in [6, 6.07) is 9.96. The highest BCUT2D eigenvalue weighted by molar-refractivity contribution is 5.94. The molecule has 2 aliphatic rings. The summed E-state index contributed by atoms with van der Waals surface area (Å²) >= 11 is 0. The monoisotopic (exact) mass is 397 g/mol. The van der Waals surface area contributed by atoms with E-state index >= 15 is 0 Å². The van der Waals surface area contributed by atoms with Crippen molar-refractivity contribution in [3.8, 4) is 0 Å². The fourth-order valence-corrected chi connectivity index (χ4v) is 5.01. The number of hydrogen-bond acceptors (Lipinski definition) is 5. The van der Waals surface area contributed by atoms with Crippen molar-refractivity contribution in [2.75, 3.05) is 20.3 Å². The number of ether oxygens (including phenoxy) is 1. The van der Waals surface area contributed by atoms with Gasteiger partial charge in [-0.05, 0) is 37.7 Å². The average Bonchev–Trinajstić information content (AvgIpc) is 3.47. The van der Waals surface area contributed by atoms with E-state index in [9.17, 15) is 9.59 Å². The summed E-state index contributed by atoms with van der Waals surface area (Å²) in [5.74, 6) is 0.0926. The predicted octanol–water partition coefficient (Wildman–Crippen LogP) is 2.43. The van der Waals surface area contributed by atoms with Gasteiger partial charge in [-0.3, -0.25) is 9.59 Å². The molecule has 2 aromatic rings. The zero-order chi connectivity index (χ0) is 20.3. The van der Waals surface area contributed by atoms with E-state index in [2.05, 4.69) is 22.4 Å². The van der Waals surface area contributed by atoms with Crippen LogP contribution >= 0.6 is 0 Å². The molecule has 0 radical (unpaired) electrons. The Balaban J connectivity index is 1.60. The lowest BCUT2D eigenvalue weighted by Gasteiger charge is -2.36. The highest BCUT2D eigenvalue weighted by Crippen LogP contribution is 2.52. The van der Waals surface area contributed by atoms with Crippen LogP contribution in [0.4, 0.5) is 0 Å². The molecule has 2 amide bonds. The minimum absolute atomic E-state index is 0.0278. The van der Waals surface area contributed by atoms with E-state index in [1.807, 2.05) is 23.1 Å². The number of oxazole rings is 1. The maximum Gasteiger partial charge on any atom is 0.291 e. The Morgan fingerprint density at radius 1 is 1.31 bits per heavy atom. The molecule has 2 saturated heterocycles. The number of carbonyl (C=O) groups excluding carboxylic acids is 2. The summed E-state index contributed by atoms with van der Waals surface area (Å²) < 4.78 is 10.3. The van der Waals surface area contributed by atoms with Crippen LogP contribution in [0, 0.1) is 5.41 Å². The Kier molecular flexibility index (Phi) is 5.67. The van der Waals surface area contributed by atoms with Gasteiger partial charge in [-0.1, -0.05) is 30.3 Å². The van der Waals surface area contributed by atoms with E-state index in [4.69, 9.17) is 9.15 Å². The summed E-state index contributed by atoms with van der Waals surface area (Å²) in [5.41, 5.74) is 0.478. The van der Waals surface area contributed by atoms with Crippen molar-refractivity contribution in [3.05, 3.63) is 54.2 Å². The zero-order valence-corrected chi connectivity index (χ0v) is 16.7. The lowest BCUT2D eigenvalue weighted by atomic mass is 9.69. The fraction of sp³-hybridized carbons (Fsp3) is 0.500. The fourth-order valence-electron chi connectivity index (χ4n) is 5.01. The van der Waals surface area contributed by atoms with Crippen LogP contribution in [0.1, 0.15) is 41.8 Å². The molecule has 7 heteroatoms. The maximum absolute atomic E-state index is 13.5. The van der Waals surface area contributed by atoms with Crippen LogP contribution in [0.2, 0.25) is 0 Å². The summed E-state index contributed by atoms with van der Waals surface area (Å²) in [6.45, 7) is 1.17. The Morgan fingerprint density at radius 2 is 2.14 bits per heavy atom. The molecule has 3 heterocycles. The maximum atomic E-state index is 13.5. The summed E-state index contributed by atoms with van der Waals surface area (Å²) in [5, 5.41) is 3.11. The van der Waals surface area contributed by atoms with Gasteiger partial charge in [0.15, 0.2) is 6.39 Å². The molecule has 0 unspecified atom stereocenters. The van der Waals surface area contributed by atoms with Crippen molar-refractivity contribution in [3.63, 3.8) is 0 Å². The Hall–Kier alpha value is -2.67. The number of nitrogens with zero attached hydrogens (tertiary/aromatic N) is 2. The van der Waals surface area contributed by atoms with Crippen LogP contribution in [0.5, 0.6) is 0 Å². The van der Waals surface area contributed by atoms with E-state index in [1.165, 1.54) is 12.6 Å². The van der Waals surface area contributed by atoms with Gasteiger partial charge in [-0.25, -0.2) is 4.98 Å². The van der Waals surface area contributed by atoms with E-state index in [1.54, 1.807) is 7.11 Å². The Labute approximate surface area is 170 Å². The number of fused-ring (bicyclic) bond motifs is 2. The van der Waals surface area contributed by atoms with Crippen LogP contribution < -0.4 is 5.32 Å². The Morgan fingerprint density at radius 3 is 2.86 bits per heavy atom. The molecule has 2 fully saturated rings. The van der Waals surface area contributed by atoms with Crippen LogP contribution in [-0.2, 0) is 16.0 Å². The van der Waals surface area contributed by atoms with Gasteiger partial charge in [-0.15, -0.1) is 0 Å². The lowest BCUT2D eigenvalue weighted by Crippen LogP contribution is -2.51. The first-order valence-electron chi connectivity index (χ1n) is 10.2. The third kappa shape index (κ3) is 3.67. The molecule has 0 saturated carbocycles. The highest BCUT2D eigenvalue weighted by Gasteiger charge is 2.61. The largest absolute Gasteiger partial charge is 0.438 e. The quantitative estimate of drug-likeness (QED) is 0.692. The molecule has 4 rings (SSSR count). The molecular formula is C22H27N3O4. The second-order valence-electron chi connectivity index (χ2n) is 7.95. The van der Waals surface area contributed by atoms with E-state index < -0.39 is 5.41 Å². The molecule has 2 aliphatic heterocycles. The number of hydrogen-bond donors (Lipinski definition) is 1. The van der Waals surface area contributed by atoms with E-state index in [0.29, 0.717) is 26.0 Å². The standard InChI is InChI=1S/C22H27N3O4/c1-28-11-5-10-24-21(27)22(12-16-6-3-2-4-7-16)13-17-8-9-19(22)25(17)20(26)18-14-23-15-29-18/h2-4,6-7,14-15,17,19H,5,8-13H2,1H3,(H,24,27)/t17-,19+,22+/m1/s1. The Bertz CT molecular complexity index is 839. The van der Waals surface area contributed by atoms with Crippen LogP contribution in [0.15, 0.2) is 47.3 Å². The molecule has 0 spiro atoms. The van der Waals surface area contributed by atoms with E-state index in [0.717, 1.165) is 24.8 Å². The number of methoxy groups -OCH3 is 1. The summed E-state index contributed by atoms with van der Waals surface area (Å²) in [7, 11) is 1.65. The predicted molar refractivity (Wildman–Crippen MR) is 106 cm³/mol. The first kappa shape index (κ1) is 19.6. The third-order valence-corrected chi connectivity index (χ3v) is 6.24. The van der Waals surface area contributed by atoms with Gasteiger partial charge in [0.1, 0.15) is 0 Å². The number of benzene rings is 1. The molecule has 29 heavy (non-hydrogen) atoms. The van der Waals surface area contributed by atoms with Crippen molar-refractivity contribution < 1.29 is 18.7 Å².